The van der Waals surface area contributed by atoms with Gasteiger partial charge in [-0.2, -0.15) is 0 Å². The average molecular weight is 819 g/mol. The largest absolute Gasteiger partial charge is 0.455 e. The number of hydrogen-bond donors (Lipinski definition) is 0. The van der Waals surface area contributed by atoms with Crippen LogP contribution < -0.4 is 4.90 Å². The van der Waals surface area contributed by atoms with E-state index in [2.05, 4.69) is 187 Å². The molecule has 0 bridgehead atoms. The minimum Gasteiger partial charge on any atom is -0.455 e. The summed E-state index contributed by atoms with van der Waals surface area (Å²) in [5.41, 5.74) is 12.0. The Kier molecular flexibility index (Phi) is 9.08. The molecule has 0 unspecified atom stereocenters. The predicted molar refractivity (Wildman–Crippen MR) is 264 cm³/mol. The highest BCUT2D eigenvalue weighted by Gasteiger charge is 2.22. The Bertz CT molecular complexity index is 3640. The first-order valence-electron chi connectivity index (χ1n) is 21.5. The van der Waals surface area contributed by atoms with E-state index in [0.29, 0.717) is 17.5 Å². The number of fused-ring (bicyclic) bond motifs is 6. The van der Waals surface area contributed by atoms with Crippen LogP contribution in [0.4, 0.5) is 17.1 Å². The molecule has 64 heavy (non-hydrogen) atoms. The molecule has 0 fully saturated rings. The molecule has 0 atom stereocenters. The Morgan fingerprint density at radius 1 is 0.312 bits per heavy atom. The molecule has 5 heteroatoms. The summed E-state index contributed by atoms with van der Waals surface area (Å²) in [7, 11) is 0. The van der Waals surface area contributed by atoms with Crippen molar-refractivity contribution >= 4 is 60.5 Å². The van der Waals surface area contributed by atoms with E-state index in [1.165, 1.54) is 10.8 Å². The summed E-state index contributed by atoms with van der Waals surface area (Å²) in [6.07, 6.45) is 0. The van der Waals surface area contributed by atoms with Gasteiger partial charge in [-0.05, 0) is 86.9 Å². The summed E-state index contributed by atoms with van der Waals surface area (Å²) in [5, 5.41) is 6.44. The van der Waals surface area contributed by atoms with Crippen molar-refractivity contribution < 1.29 is 4.42 Å². The molecule has 0 saturated carbocycles. The minimum atomic E-state index is 0.592. The van der Waals surface area contributed by atoms with Crippen molar-refractivity contribution in [1.29, 1.82) is 0 Å². The lowest BCUT2D eigenvalue weighted by Gasteiger charge is -2.26. The maximum absolute atomic E-state index is 6.80. The minimum absolute atomic E-state index is 0.592. The third-order valence-corrected chi connectivity index (χ3v) is 12.1. The molecular weight excluding hydrogens is 781 g/mol. The van der Waals surface area contributed by atoms with Gasteiger partial charge in [0.2, 0.25) is 0 Å². The molecule has 0 radical (unpaired) electrons. The molecule has 0 spiro atoms. The fourth-order valence-corrected chi connectivity index (χ4v) is 8.98. The normalized spacial score (nSPS) is 11.4. The summed E-state index contributed by atoms with van der Waals surface area (Å²) >= 11 is 0. The highest BCUT2D eigenvalue weighted by Crippen LogP contribution is 2.44. The van der Waals surface area contributed by atoms with Crippen LogP contribution in [-0.2, 0) is 0 Å². The smallest absolute Gasteiger partial charge is 0.164 e. The first-order valence-corrected chi connectivity index (χ1v) is 21.5. The summed E-state index contributed by atoms with van der Waals surface area (Å²) in [5.74, 6) is 1.81. The fourth-order valence-electron chi connectivity index (χ4n) is 8.98. The zero-order valence-electron chi connectivity index (χ0n) is 34.6. The predicted octanol–water partition coefficient (Wildman–Crippen LogP) is 15.9. The molecule has 0 aliphatic heterocycles. The number of para-hydroxylation sites is 2. The van der Waals surface area contributed by atoms with Gasteiger partial charge in [-0.3, -0.25) is 0 Å². The van der Waals surface area contributed by atoms with Crippen LogP contribution in [0.5, 0.6) is 0 Å². The van der Waals surface area contributed by atoms with Crippen LogP contribution in [0.3, 0.4) is 0 Å². The summed E-state index contributed by atoms with van der Waals surface area (Å²) < 4.78 is 6.80. The zero-order chi connectivity index (χ0) is 42.4. The first-order chi connectivity index (χ1) is 31.7. The Morgan fingerprint density at radius 2 is 0.844 bits per heavy atom. The lowest BCUT2D eigenvalue weighted by Crippen LogP contribution is -2.09. The molecule has 12 aromatic rings. The Hall–Kier alpha value is -8.67. The lowest BCUT2D eigenvalue weighted by atomic mass is 9.93. The van der Waals surface area contributed by atoms with Crippen molar-refractivity contribution in [1.82, 2.24) is 15.0 Å². The molecule has 0 aliphatic carbocycles. The van der Waals surface area contributed by atoms with E-state index >= 15 is 0 Å². The van der Waals surface area contributed by atoms with Crippen molar-refractivity contribution in [2.45, 2.75) is 0 Å². The van der Waals surface area contributed by atoms with Crippen LogP contribution in [0, 0.1) is 0 Å². The van der Waals surface area contributed by atoms with Crippen molar-refractivity contribution in [3.8, 4) is 56.4 Å². The quantitative estimate of drug-likeness (QED) is 0.153. The summed E-state index contributed by atoms with van der Waals surface area (Å²) in [6.45, 7) is 0. The number of benzene rings is 10. The van der Waals surface area contributed by atoms with Crippen LogP contribution in [-0.4, -0.2) is 15.0 Å². The second kappa shape index (κ2) is 15.7. The van der Waals surface area contributed by atoms with Crippen molar-refractivity contribution in [3.63, 3.8) is 0 Å². The van der Waals surface area contributed by atoms with Gasteiger partial charge in [-0.25, -0.2) is 15.0 Å². The van der Waals surface area contributed by atoms with Gasteiger partial charge in [0.15, 0.2) is 17.5 Å². The van der Waals surface area contributed by atoms with Gasteiger partial charge in [-0.1, -0.05) is 182 Å². The Balaban J connectivity index is 1.04. The monoisotopic (exact) mass is 818 g/mol. The van der Waals surface area contributed by atoms with Crippen molar-refractivity contribution in [2.75, 3.05) is 4.90 Å². The second-order valence-electron chi connectivity index (χ2n) is 16.0. The standard InChI is InChI=1S/C59H38N4O/c1-4-15-39(16-5-1)41-27-29-44(30-28-41)58-60-57(43-18-6-2-7-19-43)61-59(62-58)53-38-52-50-23-12-13-26-54(50)64-56(52)55-49(24-14-25-51(53)55)42-32-34-47(35-33-42)63(46-21-8-3-9-22-46)48-36-31-40-17-10-11-20-45(40)37-48/h1-38H. The highest BCUT2D eigenvalue weighted by molar-refractivity contribution is 6.22. The molecule has 2 aromatic heterocycles. The number of rotatable bonds is 8. The van der Waals surface area contributed by atoms with Gasteiger partial charge in [0.25, 0.3) is 0 Å². The molecule has 12 rings (SSSR count). The van der Waals surface area contributed by atoms with E-state index in [9.17, 15) is 0 Å². The topological polar surface area (TPSA) is 55.1 Å². The SMILES string of the molecule is c1ccc(-c2ccc(-c3nc(-c4ccccc4)nc(-c4cc5c6ccccc6oc5c5c(-c6ccc(N(c7ccccc7)c7ccc8ccccc8c7)cc6)cccc45)n3)cc2)cc1. The molecule has 0 N–H and O–H groups in total. The average Bonchev–Trinajstić information content (AvgIpc) is 3.76. The molecule has 0 saturated heterocycles. The fraction of sp³-hybridized carbons (Fsp3) is 0. The molecule has 300 valence electrons. The van der Waals surface area contributed by atoms with E-state index in [0.717, 1.165) is 88.7 Å². The lowest BCUT2D eigenvalue weighted by molar-refractivity contribution is 0.673. The van der Waals surface area contributed by atoms with Crippen LogP contribution in [0.2, 0.25) is 0 Å². The van der Waals surface area contributed by atoms with Gasteiger partial charge < -0.3 is 9.32 Å². The number of hydrogen-bond acceptors (Lipinski definition) is 5. The van der Waals surface area contributed by atoms with E-state index in [4.69, 9.17) is 19.4 Å². The van der Waals surface area contributed by atoms with Crippen LogP contribution in [0.25, 0.3) is 99.9 Å². The van der Waals surface area contributed by atoms with Crippen LogP contribution in [0.1, 0.15) is 0 Å². The van der Waals surface area contributed by atoms with Gasteiger partial charge in [-0.15, -0.1) is 0 Å². The third kappa shape index (κ3) is 6.64. The Morgan fingerprint density at radius 3 is 1.59 bits per heavy atom. The molecule has 0 aliphatic rings. The molecule has 2 heterocycles. The number of anilines is 3. The highest BCUT2D eigenvalue weighted by atomic mass is 16.3. The zero-order valence-corrected chi connectivity index (χ0v) is 34.6. The van der Waals surface area contributed by atoms with E-state index in [1.54, 1.807) is 0 Å². The van der Waals surface area contributed by atoms with E-state index in [1.807, 2.05) is 48.5 Å². The molecule has 10 aromatic carbocycles. The van der Waals surface area contributed by atoms with Gasteiger partial charge in [0, 0.05) is 49.9 Å². The van der Waals surface area contributed by atoms with Crippen LogP contribution >= 0.6 is 0 Å². The van der Waals surface area contributed by atoms with Crippen molar-refractivity contribution in [3.05, 3.63) is 231 Å². The van der Waals surface area contributed by atoms with E-state index in [-0.39, 0.29) is 0 Å². The summed E-state index contributed by atoms with van der Waals surface area (Å²) in [4.78, 5) is 17.9. The summed E-state index contributed by atoms with van der Waals surface area (Å²) in [6, 6.07) is 80.5. The Labute approximate surface area is 370 Å². The van der Waals surface area contributed by atoms with Crippen molar-refractivity contribution in [2.24, 2.45) is 0 Å². The van der Waals surface area contributed by atoms with Gasteiger partial charge >= 0.3 is 0 Å². The number of aromatic nitrogens is 3. The third-order valence-electron chi connectivity index (χ3n) is 12.1. The van der Waals surface area contributed by atoms with Crippen LogP contribution in [0.15, 0.2) is 235 Å². The molecule has 0 amide bonds. The van der Waals surface area contributed by atoms with Gasteiger partial charge in [0.1, 0.15) is 11.2 Å². The first kappa shape index (κ1) is 37.1. The number of nitrogens with zero attached hydrogens (tertiary/aromatic N) is 4. The molecule has 5 nitrogen and oxygen atoms in total. The van der Waals surface area contributed by atoms with E-state index < -0.39 is 0 Å². The molecular formula is C59H38N4O. The second-order valence-corrected chi connectivity index (χ2v) is 16.0. The number of furan rings is 1. The van der Waals surface area contributed by atoms with Gasteiger partial charge in [0.05, 0.1) is 0 Å². The maximum atomic E-state index is 6.80. The maximum Gasteiger partial charge on any atom is 0.164 e.